The average molecular weight is 315 g/mol. The van der Waals surface area contributed by atoms with Crippen LogP contribution in [0.15, 0.2) is 29.2 Å². The molecule has 1 aliphatic rings. The van der Waals surface area contributed by atoms with E-state index in [1.165, 1.54) is 0 Å². The summed E-state index contributed by atoms with van der Waals surface area (Å²) in [7, 11) is -3.41. The van der Waals surface area contributed by atoms with Gasteiger partial charge in [0.2, 0.25) is 10.0 Å². The van der Waals surface area contributed by atoms with Crippen LogP contribution in [0.25, 0.3) is 0 Å². The van der Waals surface area contributed by atoms with Crippen LogP contribution in [0, 0.1) is 0 Å². The number of hydrogen-bond donors (Lipinski definition) is 2. The zero-order chi connectivity index (χ0) is 14.8. The molecule has 1 saturated heterocycles. The standard InChI is InChI=1S/C13H21N3O2S2/c1-13(2)7-8-16(9-10-19-13)20(17,18)12-5-3-11(15-14)4-6-12/h3-6,15H,7-10,14H2,1-2H3. The molecule has 1 heterocycles. The van der Waals surface area contributed by atoms with Gasteiger partial charge in [0.1, 0.15) is 0 Å². The molecule has 0 unspecified atom stereocenters. The fraction of sp³-hybridized carbons (Fsp3) is 0.538. The second kappa shape index (κ2) is 5.93. The third kappa shape index (κ3) is 3.46. The van der Waals surface area contributed by atoms with Gasteiger partial charge in [0.25, 0.3) is 0 Å². The molecule has 1 aromatic carbocycles. The first-order valence-electron chi connectivity index (χ1n) is 6.56. The molecule has 3 N–H and O–H groups in total. The summed E-state index contributed by atoms with van der Waals surface area (Å²) in [4.78, 5) is 0.321. The van der Waals surface area contributed by atoms with Crippen LogP contribution >= 0.6 is 11.8 Å². The van der Waals surface area contributed by atoms with Crippen molar-refractivity contribution >= 4 is 27.5 Å². The largest absolute Gasteiger partial charge is 0.324 e. The van der Waals surface area contributed by atoms with Crippen LogP contribution in [0.4, 0.5) is 5.69 Å². The van der Waals surface area contributed by atoms with E-state index in [1.54, 1.807) is 28.6 Å². The number of nitrogens with two attached hydrogens (primary N) is 1. The Balaban J connectivity index is 2.20. The van der Waals surface area contributed by atoms with Gasteiger partial charge in [-0.15, -0.1) is 0 Å². The monoisotopic (exact) mass is 315 g/mol. The van der Waals surface area contributed by atoms with Crippen molar-refractivity contribution in [2.75, 3.05) is 24.3 Å². The molecule has 0 aliphatic carbocycles. The Hall–Kier alpha value is -0.760. The predicted molar refractivity (Wildman–Crippen MR) is 84.2 cm³/mol. The molecule has 0 radical (unpaired) electrons. The summed E-state index contributed by atoms with van der Waals surface area (Å²) < 4.78 is 27.0. The maximum atomic E-state index is 12.6. The maximum Gasteiger partial charge on any atom is 0.243 e. The lowest BCUT2D eigenvalue weighted by molar-refractivity contribution is 0.415. The quantitative estimate of drug-likeness (QED) is 0.658. The van der Waals surface area contributed by atoms with Crippen molar-refractivity contribution in [2.45, 2.75) is 29.9 Å². The fourth-order valence-corrected chi connectivity index (χ4v) is 4.77. The van der Waals surface area contributed by atoms with E-state index in [0.29, 0.717) is 23.7 Å². The lowest BCUT2D eigenvalue weighted by Gasteiger charge is -2.22. The Labute approximate surface area is 124 Å². The van der Waals surface area contributed by atoms with Crippen LogP contribution in [0.1, 0.15) is 20.3 Å². The molecule has 20 heavy (non-hydrogen) atoms. The summed E-state index contributed by atoms with van der Waals surface area (Å²) in [6.07, 6.45) is 0.860. The maximum absolute atomic E-state index is 12.6. The highest BCUT2D eigenvalue weighted by Gasteiger charge is 2.30. The normalized spacial score (nSPS) is 20.4. The summed E-state index contributed by atoms with van der Waals surface area (Å²) in [6.45, 7) is 5.46. The van der Waals surface area contributed by atoms with Gasteiger partial charge in [-0.3, -0.25) is 5.84 Å². The number of rotatable bonds is 3. The molecule has 2 rings (SSSR count). The van der Waals surface area contributed by atoms with E-state index < -0.39 is 10.0 Å². The number of hydrazine groups is 1. The number of sulfonamides is 1. The van der Waals surface area contributed by atoms with Crippen molar-refractivity contribution in [3.63, 3.8) is 0 Å². The van der Waals surface area contributed by atoms with E-state index in [1.807, 2.05) is 11.8 Å². The van der Waals surface area contributed by atoms with E-state index in [9.17, 15) is 8.42 Å². The Bertz CT molecular complexity index is 555. The molecule has 0 amide bonds. The molecular formula is C13H21N3O2S2. The lowest BCUT2D eigenvalue weighted by Crippen LogP contribution is -2.33. The van der Waals surface area contributed by atoms with Crippen molar-refractivity contribution in [2.24, 2.45) is 5.84 Å². The van der Waals surface area contributed by atoms with Crippen molar-refractivity contribution in [1.82, 2.24) is 4.31 Å². The number of anilines is 1. The van der Waals surface area contributed by atoms with Crippen LogP contribution in [-0.4, -0.2) is 36.3 Å². The number of hydrogen-bond acceptors (Lipinski definition) is 5. The van der Waals surface area contributed by atoms with Crippen LogP contribution in [0.5, 0.6) is 0 Å². The van der Waals surface area contributed by atoms with Crippen LogP contribution in [0.3, 0.4) is 0 Å². The summed E-state index contributed by atoms with van der Waals surface area (Å²) in [6, 6.07) is 6.52. The molecule has 1 fully saturated rings. The molecular weight excluding hydrogens is 294 g/mol. The summed E-state index contributed by atoms with van der Waals surface area (Å²) >= 11 is 1.83. The number of nitrogens with one attached hydrogen (secondary N) is 1. The van der Waals surface area contributed by atoms with Gasteiger partial charge in [0, 0.05) is 29.3 Å². The second-order valence-corrected chi connectivity index (χ2v) is 9.17. The minimum absolute atomic E-state index is 0.137. The zero-order valence-corrected chi connectivity index (χ0v) is 13.4. The minimum Gasteiger partial charge on any atom is -0.324 e. The van der Waals surface area contributed by atoms with E-state index in [4.69, 9.17) is 5.84 Å². The van der Waals surface area contributed by atoms with Gasteiger partial charge in [-0.2, -0.15) is 16.1 Å². The molecule has 1 aromatic rings. The van der Waals surface area contributed by atoms with Gasteiger partial charge in [-0.25, -0.2) is 8.42 Å². The SMILES string of the molecule is CC1(C)CCN(S(=O)(=O)c2ccc(NN)cc2)CCS1. The topological polar surface area (TPSA) is 75.4 Å². The first kappa shape index (κ1) is 15.6. The molecule has 0 aromatic heterocycles. The van der Waals surface area contributed by atoms with Gasteiger partial charge in [0.15, 0.2) is 0 Å². The molecule has 7 heteroatoms. The Kier molecular flexibility index (Phi) is 4.63. The molecule has 0 bridgehead atoms. The number of nitrogens with zero attached hydrogens (tertiary/aromatic N) is 1. The molecule has 1 aliphatic heterocycles. The highest BCUT2D eigenvalue weighted by atomic mass is 32.2. The highest BCUT2D eigenvalue weighted by Crippen LogP contribution is 2.32. The third-order valence-corrected chi connectivity index (χ3v) is 6.74. The lowest BCUT2D eigenvalue weighted by atomic mass is 10.1. The minimum atomic E-state index is -3.41. The van der Waals surface area contributed by atoms with E-state index >= 15 is 0 Å². The average Bonchev–Trinajstić information content (AvgIpc) is 2.60. The van der Waals surface area contributed by atoms with Crippen LogP contribution < -0.4 is 11.3 Å². The van der Waals surface area contributed by atoms with Crippen LogP contribution in [0.2, 0.25) is 0 Å². The summed E-state index contributed by atoms with van der Waals surface area (Å²) in [5.74, 6) is 6.12. The fourth-order valence-electron chi connectivity index (χ4n) is 2.11. The van der Waals surface area contributed by atoms with Crippen LogP contribution in [-0.2, 0) is 10.0 Å². The van der Waals surface area contributed by atoms with E-state index in [0.717, 1.165) is 12.2 Å². The molecule has 0 atom stereocenters. The van der Waals surface area contributed by atoms with E-state index in [2.05, 4.69) is 19.3 Å². The highest BCUT2D eigenvalue weighted by molar-refractivity contribution is 8.00. The van der Waals surface area contributed by atoms with Crippen molar-refractivity contribution < 1.29 is 8.42 Å². The van der Waals surface area contributed by atoms with E-state index in [-0.39, 0.29) is 4.75 Å². The smallest absolute Gasteiger partial charge is 0.243 e. The second-order valence-electron chi connectivity index (χ2n) is 5.43. The zero-order valence-electron chi connectivity index (χ0n) is 11.8. The summed E-state index contributed by atoms with van der Waals surface area (Å²) in [5, 5.41) is 0. The van der Waals surface area contributed by atoms with Gasteiger partial charge in [0.05, 0.1) is 4.90 Å². The Morgan fingerprint density at radius 1 is 1.25 bits per heavy atom. The van der Waals surface area contributed by atoms with Gasteiger partial charge < -0.3 is 5.43 Å². The van der Waals surface area contributed by atoms with Gasteiger partial charge in [-0.05, 0) is 30.7 Å². The van der Waals surface area contributed by atoms with Gasteiger partial charge >= 0.3 is 0 Å². The first-order valence-corrected chi connectivity index (χ1v) is 8.98. The third-order valence-electron chi connectivity index (χ3n) is 3.46. The number of nitrogen functional groups attached to an aromatic ring is 1. The molecule has 0 spiro atoms. The molecule has 112 valence electrons. The van der Waals surface area contributed by atoms with Crippen molar-refractivity contribution in [1.29, 1.82) is 0 Å². The van der Waals surface area contributed by atoms with Crippen molar-refractivity contribution in [3.05, 3.63) is 24.3 Å². The predicted octanol–water partition coefficient (Wildman–Crippen LogP) is 1.88. The number of thioether (sulfide) groups is 1. The number of benzene rings is 1. The van der Waals surface area contributed by atoms with Gasteiger partial charge in [-0.1, -0.05) is 13.8 Å². The Morgan fingerprint density at radius 3 is 2.50 bits per heavy atom. The first-order chi connectivity index (χ1) is 9.35. The summed E-state index contributed by atoms with van der Waals surface area (Å²) in [5.41, 5.74) is 3.19. The molecule has 0 saturated carbocycles. The van der Waals surface area contributed by atoms with Crippen molar-refractivity contribution in [3.8, 4) is 0 Å². The molecule has 5 nitrogen and oxygen atoms in total. The Morgan fingerprint density at radius 2 is 1.90 bits per heavy atom.